The van der Waals surface area contributed by atoms with Gasteiger partial charge < -0.3 is 19.3 Å². The maximum absolute atomic E-state index is 13.0. The Labute approximate surface area is 173 Å². The Hall–Kier alpha value is -1.89. The molecular formula is C22H36O7. The monoisotopic (exact) mass is 412 g/mol. The lowest BCUT2D eigenvalue weighted by atomic mass is 9.80. The fourth-order valence-electron chi connectivity index (χ4n) is 3.37. The summed E-state index contributed by atoms with van der Waals surface area (Å²) in [5, 5.41) is 8.71. The van der Waals surface area contributed by atoms with Gasteiger partial charge >= 0.3 is 17.9 Å². The maximum atomic E-state index is 13.0. The van der Waals surface area contributed by atoms with Crippen LogP contribution in [0.15, 0.2) is 12.7 Å². The molecule has 1 aliphatic rings. The molecule has 7 heteroatoms. The molecule has 3 atom stereocenters. The molecule has 0 saturated carbocycles. The quantitative estimate of drug-likeness (QED) is 0.166. The van der Waals surface area contributed by atoms with E-state index >= 15 is 0 Å². The smallest absolute Gasteiger partial charge is 0.350 e. The van der Waals surface area contributed by atoms with Gasteiger partial charge in [0.05, 0.1) is 6.61 Å². The number of carboxylic acid groups (broad SMARTS) is 1. The number of hydrogen-bond acceptors (Lipinski definition) is 6. The maximum Gasteiger partial charge on any atom is 0.350 e. The first-order chi connectivity index (χ1) is 13.9. The average Bonchev–Trinajstić information content (AvgIpc) is 3.51. The number of epoxide rings is 1. The van der Waals surface area contributed by atoms with Crippen LogP contribution >= 0.6 is 0 Å². The number of carbonyl (C=O) groups excluding carboxylic acids is 2. The molecule has 1 fully saturated rings. The molecule has 0 aromatic rings. The first-order valence-corrected chi connectivity index (χ1v) is 10.7. The van der Waals surface area contributed by atoms with Crippen LogP contribution in [0.4, 0.5) is 0 Å². The van der Waals surface area contributed by atoms with Crippen molar-refractivity contribution < 1.29 is 33.7 Å². The highest BCUT2D eigenvalue weighted by Crippen LogP contribution is 2.34. The van der Waals surface area contributed by atoms with Gasteiger partial charge in [0, 0.05) is 18.4 Å². The van der Waals surface area contributed by atoms with E-state index in [1.807, 2.05) is 6.92 Å². The van der Waals surface area contributed by atoms with Crippen molar-refractivity contribution in [2.45, 2.75) is 89.8 Å². The number of carbonyl (C=O) groups is 3. The summed E-state index contributed by atoms with van der Waals surface area (Å²) in [4.78, 5) is 35.7. The van der Waals surface area contributed by atoms with Crippen LogP contribution in [-0.4, -0.2) is 47.9 Å². The molecule has 29 heavy (non-hydrogen) atoms. The van der Waals surface area contributed by atoms with Gasteiger partial charge in [-0.1, -0.05) is 52.5 Å². The summed E-state index contributed by atoms with van der Waals surface area (Å²) in [6.07, 6.45) is 8.06. The lowest BCUT2D eigenvalue weighted by Gasteiger charge is -2.36. The number of aliphatic carboxylic acids is 1. The number of esters is 2. The molecule has 0 aromatic heterocycles. The molecule has 1 aliphatic heterocycles. The van der Waals surface area contributed by atoms with Crippen molar-refractivity contribution in [2.24, 2.45) is 5.92 Å². The van der Waals surface area contributed by atoms with Crippen molar-refractivity contribution in [3.05, 3.63) is 12.7 Å². The summed E-state index contributed by atoms with van der Waals surface area (Å²) in [7, 11) is 0. The molecule has 166 valence electrons. The summed E-state index contributed by atoms with van der Waals surface area (Å²) >= 11 is 0. The number of unbranched alkanes of at least 4 members (excludes halogenated alkanes) is 5. The fraction of sp³-hybridized carbons (Fsp3) is 0.773. The first-order valence-electron chi connectivity index (χ1n) is 10.7. The highest BCUT2D eigenvalue weighted by Gasteiger charge is 2.48. The molecule has 0 spiro atoms. The van der Waals surface area contributed by atoms with Crippen molar-refractivity contribution in [1.29, 1.82) is 0 Å². The Morgan fingerprint density at radius 1 is 1.21 bits per heavy atom. The fourth-order valence-corrected chi connectivity index (χ4v) is 3.37. The Kier molecular flexibility index (Phi) is 11.6. The van der Waals surface area contributed by atoms with Crippen molar-refractivity contribution in [2.75, 3.05) is 13.2 Å². The number of rotatable bonds is 17. The normalized spacial score (nSPS) is 18.3. The molecule has 7 nitrogen and oxygen atoms in total. The Morgan fingerprint density at radius 3 is 2.48 bits per heavy atom. The largest absolute Gasteiger partial charge is 0.481 e. The highest BCUT2D eigenvalue weighted by atomic mass is 16.6. The number of carboxylic acids is 1. The zero-order chi connectivity index (χ0) is 21.7. The van der Waals surface area contributed by atoms with E-state index in [2.05, 4.69) is 13.5 Å². The van der Waals surface area contributed by atoms with Crippen LogP contribution in [0.5, 0.6) is 0 Å². The SMILES string of the molecule is C=CC(=O)OC(CCCCC)(C(=O)OCC1CO1)C(C)CCCCCCC(=O)O. The molecule has 0 aliphatic carbocycles. The van der Waals surface area contributed by atoms with Crippen LogP contribution in [0.3, 0.4) is 0 Å². The summed E-state index contributed by atoms with van der Waals surface area (Å²) in [5.41, 5.74) is -1.34. The average molecular weight is 413 g/mol. The van der Waals surface area contributed by atoms with Crippen LogP contribution in [0, 0.1) is 5.92 Å². The van der Waals surface area contributed by atoms with Crippen molar-refractivity contribution in [1.82, 2.24) is 0 Å². The Morgan fingerprint density at radius 2 is 1.90 bits per heavy atom. The van der Waals surface area contributed by atoms with Gasteiger partial charge in [-0.3, -0.25) is 4.79 Å². The van der Waals surface area contributed by atoms with E-state index in [1.165, 1.54) is 0 Å². The summed E-state index contributed by atoms with van der Waals surface area (Å²) in [5.74, 6) is -2.16. The first kappa shape index (κ1) is 25.1. The molecule has 3 unspecified atom stereocenters. The minimum absolute atomic E-state index is 0.0630. The lowest BCUT2D eigenvalue weighted by Crippen LogP contribution is -2.50. The second-order valence-electron chi connectivity index (χ2n) is 7.77. The number of hydrogen-bond donors (Lipinski definition) is 1. The van der Waals surface area contributed by atoms with Crippen LogP contribution in [0.1, 0.15) is 78.1 Å². The van der Waals surface area contributed by atoms with Crippen molar-refractivity contribution >= 4 is 17.9 Å². The van der Waals surface area contributed by atoms with Crippen LogP contribution in [-0.2, 0) is 28.6 Å². The Balaban J connectivity index is 2.78. The van der Waals surface area contributed by atoms with Gasteiger partial charge in [-0.15, -0.1) is 0 Å². The summed E-state index contributed by atoms with van der Waals surface area (Å²) in [6.45, 7) is 8.19. The van der Waals surface area contributed by atoms with Gasteiger partial charge in [0.25, 0.3) is 0 Å². The molecule has 1 heterocycles. The zero-order valence-electron chi connectivity index (χ0n) is 17.8. The molecule has 0 amide bonds. The molecule has 1 saturated heterocycles. The standard InChI is InChI=1S/C22H36O7/c1-4-6-11-14-22(29-20(25)5-2,21(26)28-16-18-15-27-18)17(3)12-9-7-8-10-13-19(23)24/h5,17-18H,2,4,6-16H2,1,3H3,(H,23,24). The third kappa shape index (κ3) is 9.43. The predicted octanol–water partition coefficient (Wildman–Crippen LogP) is 4.04. The molecule has 0 bridgehead atoms. The minimum Gasteiger partial charge on any atom is -0.481 e. The van der Waals surface area contributed by atoms with E-state index in [0.29, 0.717) is 25.9 Å². The second-order valence-corrected chi connectivity index (χ2v) is 7.77. The van der Waals surface area contributed by atoms with Gasteiger partial charge in [-0.05, 0) is 25.7 Å². The molecule has 0 radical (unpaired) electrons. The third-order valence-corrected chi connectivity index (χ3v) is 5.32. The summed E-state index contributed by atoms with van der Waals surface area (Å²) < 4.78 is 16.2. The lowest BCUT2D eigenvalue weighted by molar-refractivity contribution is -0.189. The van der Waals surface area contributed by atoms with Gasteiger partial charge in [0.1, 0.15) is 12.7 Å². The van der Waals surface area contributed by atoms with Gasteiger partial charge in [0.15, 0.2) is 0 Å². The minimum atomic E-state index is -1.34. The van der Waals surface area contributed by atoms with Gasteiger partial charge in [0.2, 0.25) is 5.60 Å². The zero-order valence-corrected chi connectivity index (χ0v) is 17.8. The Bertz CT molecular complexity index is 541. The topological polar surface area (TPSA) is 102 Å². The van der Waals surface area contributed by atoms with Crippen LogP contribution in [0.25, 0.3) is 0 Å². The van der Waals surface area contributed by atoms with Gasteiger partial charge in [-0.25, -0.2) is 9.59 Å². The van der Waals surface area contributed by atoms with Gasteiger partial charge in [-0.2, -0.15) is 0 Å². The number of ether oxygens (including phenoxy) is 3. The molecule has 1 rings (SSSR count). The molecule has 0 aromatic carbocycles. The van der Waals surface area contributed by atoms with Crippen LogP contribution in [0.2, 0.25) is 0 Å². The van der Waals surface area contributed by atoms with Crippen molar-refractivity contribution in [3.63, 3.8) is 0 Å². The van der Waals surface area contributed by atoms with E-state index in [4.69, 9.17) is 19.3 Å². The van der Waals surface area contributed by atoms with E-state index in [0.717, 1.165) is 44.6 Å². The van der Waals surface area contributed by atoms with E-state index < -0.39 is 23.5 Å². The van der Waals surface area contributed by atoms with Crippen molar-refractivity contribution in [3.8, 4) is 0 Å². The second kappa shape index (κ2) is 13.4. The van der Waals surface area contributed by atoms with E-state index in [-0.39, 0.29) is 25.0 Å². The highest BCUT2D eigenvalue weighted by molar-refractivity contribution is 5.87. The summed E-state index contributed by atoms with van der Waals surface area (Å²) in [6, 6.07) is 0. The third-order valence-electron chi connectivity index (χ3n) is 5.32. The van der Waals surface area contributed by atoms with E-state index in [9.17, 15) is 14.4 Å². The molecular weight excluding hydrogens is 376 g/mol. The van der Waals surface area contributed by atoms with E-state index in [1.54, 1.807) is 0 Å². The van der Waals surface area contributed by atoms with Crippen LogP contribution < -0.4 is 0 Å². The predicted molar refractivity (Wildman–Crippen MR) is 108 cm³/mol. The molecule has 1 N–H and O–H groups in total.